The van der Waals surface area contributed by atoms with E-state index in [1.165, 1.54) is 18.9 Å². The number of hydrogen-bond acceptors (Lipinski definition) is 3. The van der Waals surface area contributed by atoms with Gasteiger partial charge in [0.05, 0.1) is 12.0 Å². The third-order valence-corrected chi connectivity index (χ3v) is 4.54. The first-order valence-electron chi connectivity index (χ1n) is 7.66. The van der Waals surface area contributed by atoms with Gasteiger partial charge in [-0.3, -0.25) is 9.59 Å². The molecule has 1 saturated heterocycles. The van der Waals surface area contributed by atoms with Crippen LogP contribution in [0.15, 0.2) is 30.3 Å². The number of benzene rings is 1. The molecular formula is C17H22N2O4. The SMILES string of the molecule is CC(C(=O)O)N(C)C(=O)C1CC(=O)N(C(C)c2ccccc2)C1. The lowest BCUT2D eigenvalue weighted by Gasteiger charge is -2.27. The average molecular weight is 318 g/mol. The number of aliphatic carboxylic acids is 1. The van der Waals surface area contributed by atoms with E-state index in [-0.39, 0.29) is 24.3 Å². The molecule has 1 aliphatic heterocycles. The van der Waals surface area contributed by atoms with Crippen LogP contribution in [-0.2, 0) is 14.4 Å². The normalized spacial score (nSPS) is 20.2. The largest absolute Gasteiger partial charge is 0.480 e. The molecule has 0 aliphatic carbocycles. The van der Waals surface area contributed by atoms with Crippen molar-refractivity contribution in [1.82, 2.24) is 9.80 Å². The minimum atomic E-state index is -1.06. The van der Waals surface area contributed by atoms with Crippen LogP contribution in [0.25, 0.3) is 0 Å². The number of amides is 2. The van der Waals surface area contributed by atoms with Gasteiger partial charge in [0, 0.05) is 20.0 Å². The van der Waals surface area contributed by atoms with Gasteiger partial charge in [-0.1, -0.05) is 30.3 Å². The lowest BCUT2D eigenvalue weighted by atomic mass is 10.1. The predicted octanol–water partition coefficient (Wildman–Crippen LogP) is 1.53. The van der Waals surface area contributed by atoms with E-state index in [1.54, 1.807) is 4.90 Å². The van der Waals surface area contributed by atoms with Crippen LogP contribution in [0, 0.1) is 5.92 Å². The Labute approximate surface area is 135 Å². The molecule has 2 amide bonds. The van der Waals surface area contributed by atoms with E-state index in [9.17, 15) is 14.4 Å². The van der Waals surface area contributed by atoms with E-state index in [2.05, 4.69) is 0 Å². The van der Waals surface area contributed by atoms with Crippen molar-refractivity contribution in [3.05, 3.63) is 35.9 Å². The highest BCUT2D eigenvalue weighted by molar-refractivity contribution is 5.91. The molecule has 1 aliphatic rings. The summed E-state index contributed by atoms with van der Waals surface area (Å²) in [6, 6.07) is 8.63. The predicted molar refractivity (Wildman–Crippen MR) is 84.5 cm³/mol. The van der Waals surface area contributed by atoms with Gasteiger partial charge in [0.25, 0.3) is 0 Å². The lowest BCUT2D eigenvalue weighted by molar-refractivity contribution is -0.149. The van der Waals surface area contributed by atoms with Gasteiger partial charge in [-0.25, -0.2) is 4.79 Å². The van der Waals surface area contributed by atoms with Gasteiger partial charge in [0.2, 0.25) is 11.8 Å². The zero-order valence-electron chi connectivity index (χ0n) is 13.6. The number of carbonyl (C=O) groups is 3. The Bertz CT molecular complexity index is 602. The Hall–Kier alpha value is -2.37. The molecular weight excluding hydrogens is 296 g/mol. The third-order valence-electron chi connectivity index (χ3n) is 4.54. The number of carboxylic acids is 1. The molecule has 0 bridgehead atoms. The van der Waals surface area contributed by atoms with Crippen molar-refractivity contribution in [2.24, 2.45) is 5.92 Å². The minimum Gasteiger partial charge on any atom is -0.480 e. The van der Waals surface area contributed by atoms with E-state index >= 15 is 0 Å². The van der Waals surface area contributed by atoms with Crippen molar-refractivity contribution in [1.29, 1.82) is 0 Å². The summed E-state index contributed by atoms with van der Waals surface area (Å²) in [4.78, 5) is 38.6. The molecule has 2 rings (SSSR count). The number of hydrogen-bond donors (Lipinski definition) is 1. The van der Waals surface area contributed by atoms with Crippen molar-refractivity contribution in [3.63, 3.8) is 0 Å². The number of likely N-dealkylation sites (tertiary alicyclic amines) is 1. The Balaban J connectivity index is 2.08. The van der Waals surface area contributed by atoms with Crippen molar-refractivity contribution < 1.29 is 19.5 Å². The summed E-state index contributed by atoms with van der Waals surface area (Å²) < 4.78 is 0. The summed E-state index contributed by atoms with van der Waals surface area (Å²) in [5.74, 6) is -1.91. The highest BCUT2D eigenvalue weighted by atomic mass is 16.4. The molecule has 0 saturated carbocycles. The molecule has 0 radical (unpaired) electrons. The Kier molecular flexibility index (Phi) is 5.03. The highest BCUT2D eigenvalue weighted by Crippen LogP contribution is 2.29. The molecule has 3 unspecified atom stereocenters. The first-order chi connectivity index (χ1) is 10.8. The molecule has 1 aromatic carbocycles. The minimum absolute atomic E-state index is 0.0731. The topological polar surface area (TPSA) is 77.9 Å². The maximum atomic E-state index is 12.4. The maximum absolute atomic E-state index is 12.4. The fraction of sp³-hybridized carbons (Fsp3) is 0.471. The molecule has 1 N–H and O–H groups in total. The first-order valence-corrected chi connectivity index (χ1v) is 7.66. The van der Waals surface area contributed by atoms with Gasteiger partial charge in [0.1, 0.15) is 6.04 Å². The van der Waals surface area contributed by atoms with E-state index in [0.717, 1.165) is 5.56 Å². The molecule has 1 heterocycles. The average Bonchev–Trinajstić information content (AvgIpc) is 2.94. The second-order valence-corrected chi connectivity index (χ2v) is 6.00. The molecule has 0 aromatic heterocycles. The monoisotopic (exact) mass is 318 g/mol. The zero-order chi connectivity index (χ0) is 17.1. The molecule has 23 heavy (non-hydrogen) atoms. The molecule has 3 atom stereocenters. The summed E-state index contributed by atoms with van der Waals surface area (Å²) >= 11 is 0. The second kappa shape index (κ2) is 6.81. The van der Waals surface area contributed by atoms with Crippen molar-refractivity contribution >= 4 is 17.8 Å². The standard InChI is InChI=1S/C17H22N2O4/c1-11(13-7-5-4-6-8-13)19-10-14(9-15(19)20)16(21)18(3)12(2)17(22)23/h4-8,11-12,14H,9-10H2,1-3H3,(H,22,23). The number of carboxylic acid groups (broad SMARTS) is 1. The van der Waals surface area contributed by atoms with Crippen LogP contribution in [-0.4, -0.2) is 52.3 Å². The van der Waals surface area contributed by atoms with Gasteiger partial charge in [-0.2, -0.15) is 0 Å². The summed E-state index contributed by atoms with van der Waals surface area (Å²) in [5, 5.41) is 9.01. The fourth-order valence-electron chi connectivity index (χ4n) is 2.83. The Morgan fingerprint density at radius 3 is 2.43 bits per heavy atom. The van der Waals surface area contributed by atoms with Crippen LogP contribution in [0.4, 0.5) is 0 Å². The maximum Gasteiger partial charge on any atom is 0.326 e. The quantitative estimate of drug-likeness (QED) is 0.893. The van der Waals surface area contributed by atoms with E-state index in [4.69, 9.17) is 5.11 Å². The van der Waals surface area contributed by atoms with Crippen LogP contribution in [0.5, 0.6) is 0 Å². The van der Waals surface area contributed by atoms with Crippen molar-refractivity contribution in [2.45, 2.75) is 32.4 Å². The van der Waals surface area contributed by atoms with Crippen LogP contribution in [0.2, 0.25) is 0 Å². The van der Waals surface area contributed by atoms with E-state index in [1.807, 2.05) is 37.3 Å². The van der Waals surface area contributed by atoms with E-state index < -0.39 is 17.9 Å². The molecule has 124 valence electrons. The molecule has 1 fully saturated rings. The Morgan fingerprint density at radius 2 is 1.87 bits per heavy atom. The second-order valence-electron chi connectivity index (χ2n) is 6.00. The van der Waals surface area contributed by atoms with Gasteiger partial charge >= 0.3 is 5.97 Å². The summed E-state index contributed by atoms with van der Waals surface area (Å²) in [6.45, 7) is 3.72. The van der Waals surface area contributed by atoms with E-state index in [0.29, 0.717) is 6.54 Å². The summed E-state index contributed by atoms with van der Waals surface area (Å²) in [5.41, 5.74) is 1.02. The van der Waals surface area contributed by atoms with Crippen LogP contribution < -0.4 is 0 Å². The van der Waals surface area contributed by atoms with Gasteiger partial charge in [-0.15, -0.1) is 0 Å². The number of nitrogens with zero attached hydrogens (tertiary/aromatic N) is 2. The van der Waals surface area contributed by atoms with Crippen LogP contribution >= 0.6 is 0 Å². The van der Waals surface area contributed by atoms with Crippen LogP contribution in [0.1, 0.15) is 31.9 Å². The highest BCUT2D eigenvalue weighted by Gasteiger charge is 2.39. The number of likely N-dealkylation sites (N-methyl/N-ethyl adjacent to an activating group) is 1. The third kappa shape index (κ3) is 3.52. The fourth-order valence-corrected chi connectivity index (χ4v) is 2.83. The molecule has 6 heteroatoms. The molecule has 1 aromatic rings. The van der Waals surface area contributed by atoms with Gasteiger partial charge in [0.15, 0.2) is 0 Å². The van der Waals surface area contributed by atoms with Crippen molar-refractivity contribution in [2.75, 3.05) is 13.6 Å². The number of rotatable bonds is 5. The van der Waals surface area contributed by atoms with Gasteiger partial charge < -0.3 is 14.9 Å². The smallest absolute Gasteiger partial charge is 0.326 e. The van der Waals surface area contributed by atoms with Crippen LogP contribution in [0.3, 0.4) is 0 Å². The summed E-state index contributed by atoms with van der Waals surface area (Å²) in [7, 11) is 1.47. The molecule has 6 nitrogen and oxygen atoms in total. The lowest BCUT2D eigenvalue weighted by Crippen LogP contribution is -2.44. The van der Waals surface area contributed by atoms with Crippen molar-refractivity contribution in [3.8, 4) is 0 Å². The van der Waals surface area contributed by atoms with Gasteiger partial charge in [-0.05, 0) is 19.4 Å². The summed E-state index contributed by atoms with van der Waals surface area (Å²) in [6.07, 6.45) is 0.132. The zero-order valence-corrected chi connectivity index (χ0v) is 13.6. The molecule has 0 spiro atoms. The first kappa shape index (κ1) is 17.0. The Morgan fingerprint density at radius 1 is 1.26 bits per heavy atom. The number of carbonyl (C=O) groups excluding carboxylic acids is 2.